The number of nitrogens with zero attached hydrogens (tertiary/aromatic N) is 1. The maximum Gasteiger partial charge on any atom is 0.183 e. The Labute approximate surface area is 106 Å². The molecule has 2 aromatic rings. The topological polar surface area (TPSA) is 50.9 Å². The molecule has 0 aliphatic heterocycles. The number of hydrogen-bond donors (Lipinski definition) is 2. The highest BCUT2D eigenvalue weighted by Crippen LogP contribution is 2.29. The first-order valence-corrected chi connectivity index (χ1v) is 6.58. The lowest BCUT2D eigenvalue weighted by Crippen LogP contribution is -2.07. The Kier molecular flexibility index (Phi) is 4.12. The summed E-state index contributed by atoms with van der Waals surface area (Å²) in [5.41, 5.74) is 7.95. The van der Waals surface area contributed by atoms with Gasteiger partial charge in [0, 0.05) is 12.7 Å². The summed E-state index contributed by atoms with van der Waals surface area (Å²) in [6.07, 6.45) is 2.89. The Morgan fingerprint density at radius 2 is 2.29 bits per heavy atom. The molecule has 2 rings (SSSR count). The van der Waals surface area contributed by atoms with Crippen LogP contribution < -0.4 is 11.1 Å². The van der Waals surface area contributed by atoms with E-state index >= 15 is 0 Å². The van der Waals surface area contributed by atoms with Gasteiger partial charge in [0.25, 0.3) is 0 Å². The van der Waals surface area contributed by atoms with Crippen LogP contribution in [0.5, 0.6) is 0 Å². The minimum atomic E-state index is 0.711. The average molecular weight is 247 g/mol. The van der Waals surface area contributed by atoms with Crippen molar-refractivity contribution >= 4 is 16.5 Å². The summed E-state index contributed by atoms with van der Waals surface area (Å²) < 4.78 is 0. The van der Waals surface area contributed by atoms with Crippen LogP contribution in [-0.4, -0.2) is 18.1 Å². The van der Waals surface area contributed by atoms with Crippen molar-refractivity contribution in [2.45, 2.75) is 13.3 Å². The average Bonchev–Trinajstić information content (AvgIpc) is 2.78. The number of aryl methyl sites for hydroxylation is 1. The second-order valence-electron chi connectivity index (χ2n) is 3.97. The molecule has 0 aliphatic rings. The van der Waals surface area contributed by atoms with Crippen molar-refractivity contribution < 1.29 is 0 Å². The number of thiazole rings is 1. The Morgan fingerprint density at radius 3 is 3.06 bits per heavy atom. The fourth-order valence-electron chi connectivity index (χ4n) is 1.59. The predicted molar refractivity (Wildman–Crippen MR) is 74.4 cm³/mol. The molecule has 0 radical (unpaired) electrons. The molecule has 0 amide bonds. The zero-order valence-corrected chi connectivity index (χ0v) is 10.8. The van der Waals surface area contributed by atoms with Gasteiger partial charge in [-0.1, -0.05) is 41.2 Å². The summed E-state index contributed by atoms with van der Waals surface area (Å²) in [4.78, 5) is 5.56. The highest BCUT2D eigenvalue weighted by molar-refractivity contribution is 7.18. The Hall–Kier alpha value is -1.39. The lowest BCUT2D eigenvalue weighted by Gasteiger charge is -1.99. The van der Waals surface area contributed by atoms with E-state index in [1.165, 1.54) is 16.0 Å². The Bertz CT molecular complexity index is 479. The zero-order chi connectivity index (χ0) is 12.1. The SMILES string of the molecule is Cc1cccc(-c2cnc(NCCCN)s2)c1. The van der Waals surface area contributed by atoms with Gasteiger partial charge in [-0.05, 0) is 25.5 Å². The summed E-state index contributed by atoms with van der Waals surface area (Å²) in [5.74, 6) is 0. The summed E-state index contributed by atoms with van der Waals surface area (Å²) >= 11 is 1.68. The van der Waals surface area contributed by atoms with Crippen molar-refractivity contribution in [3.63, 3.8) is 0 Å². The van der Waals surface area contributed by atoms with Crippen LogP contribution in [0.15, 0.2) is 30.5 Å². The molecule has 17 heavy (non-hydrogen) atoms. The van der Waals surface area contributed by atoms with Crippen LogP contribution in [-0.2, 0) is 0 Å². The van der Waals surface area contributed by atoms with E-state index in [1.807, 2.05) is 6.20 Å². The van der Waals surface area contributed by atoms with Gasteiger partial charge < -0.3 is 11.1 Å². The van der Waals surface area contributed by atoms with Crippen molar-refractivity contribution in [2.75, 3.05) is 18.4 Å². The number of benzene rings is 1. The fourth-order valence-corrected chi connectivity index (χ4v) is 2.42. The van der Waals surface area contributed by atoms with Gasteiger partial charge in [-0.3, -0.25) is 0 Å². The summed E-state index contributed by atoms with van der Waals surface area (Å²) in [7, 11) is 0. The molecule has 3 nitrogen and oxygen atoms in total. The van der Waals surface area contributed by atoms with E-state index in [0.29, 0.717) is 6.54 Å². The highest BCUT2D eigenvalue weighted by Gasteiger charge is 2.03. The Balaban J connectivity index is 2.07. The van der Waals surface area contributed by atoms with E-state index in [1.54, 1.807) is 11.3 Å². The van der Waals surface area contributed by atoms with Gasteiger partial charge in [0.1, 0.15) is 0 Å². The lowest BCUT2D eigenvalue weighted by atomic mass is 10.1. The molecule has 4 heteroatoms. The molecule has 0 aliphatic carbocycles. The molecule has 3 N–H and O–H groups in total. The van der Waals surface area contributed by atoms with Gasteiger partial charge in [0.15, 0.2) is 5.13 Å². The molecule has 0 spiro atoms. The number of nitrogens with two attached hydrogens (primary N) is 1. The van der Waals surface area contributed by atoms with E-state index in [0.717, 1.165) is 18.1 Å². The van der Waals surface area contributed by atoms with Crippen molar-refractivity contribution in [3.8, 4) is 10.4 Å². The maximum absolute atomic E-state index is 5.45. The van der Waals surface area contributed by atoms with E-state index in [9.17, 15) is 0 Å². The van der Waals surface area contributed by atoms with Crippen LogP contribution in [0, 0.1) is 6.92 Å². The van der Waals surface area contributed by atoms with Gasteiger partial charge in [-0.25, -0.2) is 4.98 Å². The van der Waals surface area contributed by atoms with Crippen molar-refractivity contribution in [2.24, 2.45) is 5.73 Å². The molecule has 0 unspecified atom stereocenters. The molecular weight excluding hydrogens is 230 g/mol. The molecule has 1 heterocycles. The standard InChI is InChI=1S/C13H17N3S/c1-10-4-2-5-11(8-10)12-9-16-13(17-12)15-7-3-6-14/h2,4-5,8-9H,3,6-7,14H2,1H3,(H,15,16). The zero-order valence-electron chi connectivity index (χ0n) is 9.94. The summed E-state index contributed by atoms with van der Waals surface area (Å²) in [6, 6.07) is 8.47. The molecular formula is C13H17N3S. The van der Waals surface area contributed by atoms with E-state index in [2.05, 4.69) is 41.5 Å². The number of aromatic nitrogens is 1. The highest BCUT2D eigenvalue weighted by atomic mass is 32.1. The molecule has 1 aromatic heterocycles. The van der Waals surface area contributed by atoms with Crippen LogP contribution in [0.3, 0.4) is 0 Å². The Morgan fingerprint density at radius 1 is 1.41 bits per heavy atom. The van der Waals surface area contributed by atoms with E-state index in [-0.39, 0.29) is 0 Å². The molecule has 0 saturated heterocycles. The minimum Gasteiger partial charge on any atom is -0.361 e. The molecule has 90 valence electrons. The third-order valence-corrected chi connectivity index (χ3v) is 3.47. The first-order chi connectivity index (χ1) is 8.29. The van der Waals surface area contributed by atoms with Gasteiger partial charge in [0.2, 0.25) is 0 Å². The second-order valence-corrected chi connectivity index (χ2v) is 5.00. The largest absolute Gasteiger partial charge is 0.361 e. The molecule has 0 fully saturated rings. The smallest absolute Gasteiger partial charge is 0.183 e. The molecule has 1 aromatic carbocycles. The number of nitrogens with one attached hydrogen (secondary N) is 1. The van der Waals surface area contributed by atoms with Crippen LogP contribution in [0.1, 0.15) is 12.0 Å². The van der Waals surface area contributed by atoms with Gasteiger partial charge in [-0.15, -0.1) is 0 Å². The number of rotatable bonds is 5. The van der Waals surface area contributed by atoms with Crippen molar-refractivity contribution in [3.05, 3.63) is 36.0 Å². The van der Waals surface area contributed by atoms with Crippen LogP contribution in [0.4, 0.5) is 5.13 Å². The maximum atomic E-state index is 5.45. The van der Waals surface area contributed by atoms with Crippen molar-refractivity contribution in [1.82, 2.24) is 4.98 Å². The molecule has 0 atom stereocenters. The second kappa shape index (κ2) is 5.80. The minimum absolute atomic E-state index is 0.711. The molecule has 0 saturated carbocycles. The normalized spacial score (nSPS) is 10.5. The summed E-state index contributed by atoms with van der Waals surface area (Å²) in [5, 5.41) is 4.25. The first kappa shape index (κ1) is 12.1. The monoisotopic (exact) mass is 247 g/mol. The van der Waals surface area contributed by atoms with Gasteiger partial charge >= 0.3 is 0 Å². The van der Waals surface area contributed by atoms with Crippen LogP contribution >= 0.6 is 11.3 Å². The molecule has 0 bridgehead atoms. The van der Waals surface area contributed by atoms with Crippen LogP contribution in [0.25, 0.3) is 10.4 Å². The number of hydrogen-bond acceptors (Lipinski definition) is 4. The lowest BCUT2D eigenvalue weighted by molar-refractivity contribution is 0.873. The predicted octanol–water partition coefficient (Wildman–Crippen LogP) is 2.88. The van der Waals surface area contributed by atoms with Gasteiger partial charge in [0.05, 0.1) is 4.88 Å². The van der Waals surface area contributed by atoms with Crippen LogP contribution in [0.2, 0.25) is 0 Å². The number of anilines is 1. The van der Waals surface area contributed by atoms with Crippen molar-refractivity contribution in [1.29, 1.82) is 0 Å². The van der Waals surface area contributed by atoms with E-state index in [4.69, 9.17) is 5.73 Å². The summed E-state index contributed by atoms with van der Waals surface area (Å²) in [6.45, 7) is 3.70. The third kappa shape index (κ3) is 3.28. The quantitative estimate of drug-likeness (QED) is 0.799. The third-order valence-electron chi connectivity index (χ3n) is 2.47. The fraction of sp³-hybridized carbons (Fsp3) is 0.308. The van der Waals surface area contributed by atoms with Gasteiger partial charge in [-0.2, -0.15) is 0 Å². The van der Waals surface area contributed by atoms with E-state index < -0.39 is 0 Å². The first-order valence-electron chi connectivity index (χ1n) is 5.76.